The highest BCUT2D eigenvalue weighted by Gasteiger charge is 2.28. The normalized spacial score (nSPS) is 21.0. The van der Waals surface area contributed by atoms with Crippen molar-refractivity contribution in [3.8, 4) is 0 Å². The topological polar surface area (TPSA) is 69.7 Å². The molecule has 0 aliphatic carbocycles. The number of hydrogen-bond donors (Lipinski definition) is 1. The number of nitrogens with one attached hydrogen (secondary N) is 1. The summed E-state index contributed by atoms with van der Waals surface area (Å²) in [4.78, 5) is 14.7. The summed E-state index contributed by atoms with van der Waals surface area (Å²) in [5, 5.41) is 2.96. The second-order valence-electron chi connectivity index (χ2n) is 7.42. The van der Waals surface area contributed by atoms with Gasteiger partial charge in [0.25, 0.3) is 5.91 Å². The zero-order valence-corrected chi connectivity index (χ0v) is 16.3. The van der Waals surface area contributed by atoms with Crippen molar-refractivity contribution in [1.82, 2.24) is 10.2 Å². The molecule has 1 N–H and O–H groups in total. The van der Waals surface area contributed by atoms with E-state index in [1.165, 1.54) is 17.1 Å². The monoisotopic (exact) mass is 379 g/mol. The smallest absolute Gasteiger partial charge is 0.251 e. The zero-order valence-electron chi connectivity index (χ0n) is 15.5. The van der Waals surface area contributed by atoms with E-state index in [-0.39, 0.29) is 11.7 Å². The van der Waals surface area contributed by atoms with Crippen LogP contribution in [0.4, 0.5) is 5.69 Å². The second-order valence-corrected chi connectivity index (χ2v) is 9.44. The van der Waals surface area contributed by atoms with Gasteiger partial charge in [-0.1, -0.05) is 6.92 Å². The number of sulfonamides is 1. The van der Waals surface area contributed by atoms with E-state index in [1.807, 2.05) is 0 Å². The van der Waals surface area contributed by atoms with E-state index in [1.54, 1.807) is 24.3 Å². The number of anilines is 1. The Kier molecular flexibility index (Phi) is 6.19. The van der Waals surface area contributed by atoms with Crippen LogP contribution >= 0.6 is 0 Å². The van der Waals surface area contributed by atoms with E-state index >= 15 is 0 Å². The molecule has 1 aromatic rings. The molecule has 0 atom stereocenters. The largest absolute Gasteiger partial charge is 0.352 e. The third-order valence-electron chi connectivity index (χ3n) is 5.33. The van der Waals surface area contributed by atoms with Gasteiger partial charge in [0.15, 0.2) is 0 Å². The molecule has 0 aromatic heterocycles. The van der Waals surface area contributed by atoms with E-state index in [2.05, 4.69) is 17.1 Å². The van der Waals surface area contributed by atoms with Crippen molar-refractivity contribution in [2.45, 2.75) is 32.6 Å². The molecule has 144 valence electrons. The molecule has 6 nitrogen and oxygen atoms in total. The van der Waals surface area contributed by atoms with Crippen molar-refractivity contribution >= 4 is 21.6 Å². The van der Waals surface area contributed by atoms with Crippen LogP contribution in [0, 0.1) is 5.92 Å². The number of hydrogen-bond acceptors (Lipinski definition) is 4. The number of carbonyl (C=O) groups is 1. The quantitative estimate of drug-likeness (QED) is 0.769. The SMILES string of the molecule is CC1CCN(CCCNC(=O)c2ccc(N3CCCS3(=O)=O)cc2)CC1. The van der Waals surface area contributed by atoms with Crippen LogP contribution in [-0.2, 0) is 10.0 Å². The third-order valence-corrected chi connectivity index (χ3v) is 7.20. The maximum absolute atomic E-state index is 12.2. The molecule has 1 aromatic carbocycles. The fourth-order valence-electron chi connectivity index (χ4n) is 3.60. The van der Waals surface area contributed by atoms with E-state index < -0.39 is 10.0 Å². The Morgan fingerprint density at radius 2 is 1.85 bits per heavy atom. The Morgan fingerprint density at radius 3 is 2.46 bits per heavy atom. The molecule has 3 rings (SSSR count). The average molecular weight is 380 g/mol. The molecule has 0 unspecified atom stereocenters. The first-order chi connectivity index (χ1) is 12.5. The second kappa shape index (κ2) is 8.39. The molecule has 0 radical (unpaired) electrons. The maximum atomic E-state index is 12.2. The first-order valence-corrected chi connectivity index (χ1v) is 11.2. The molecular weight excluding hydrogens is 350 g/mol. The van der Waals surface area contributed by atoms with Gasteiger partial charge in [-0.05, 0) is 75.5 Å². The van der Waals surface area contributed by atoms with Crippen molar-refractivity contribution in [2.24, 2.45) is 5.92 Å². The van der Waals surface area contributed by atoms with Crippen LogP contribution in [0.5, 0.6) is 0 Å². The van der Waals surface area contributed by atoms with E-state index in [0.29, 0.717) is 30.8 Å². The Morgan fingerprint density at radius 1 is 1.15 bits per heavy atom. The number of likely N-dealkylation sites (tertiary alicyclic amines) is 1. The lowest BCUT2D eigenvalue weighted by molar-refractivity contribution is 0.0950. The molecule has 2 heterocycles. The molecule has 2 aliphatic heterocycles. The molecule has 0 saturated carbocycles. The number of piperidine rings is 1. The minimum Gasteiger partial charge on any atom is -0.352 e. The van der Waals surface area contributed by atoms with Gasteiger partial charge in [-0.3, -0.25) is 9.10 Å². The van der Waals surface area contributed by atoms with Crippen molar-refractivity contribution in [3.63, 3.8) is 0 Å². The van der Waals surface area contributed by atoms with Gasteiger partial charge < -0.3 is 10.2 Å². The fraction of sp³-hybridized carbons (Fsp3) is 0.632. The van der Waals surface area contributed by atoms with E-state index in [0.717, 1.165) is 32.0 Å². The Bertz CT molecular complexity index is 710. The van der Waals surface area contributed by atoms with Gasteiger partial charge in [0.1, 0.15) is 0 Å². The average Bonchev–Trinajstić information content (AvgIpc) is 2.99. The van der Waals surface area contributed by atoms with E-state index in [9.17, 15) is 13.2 Å². The molecule has 0 spiro atoms. The Labute approximate surface area is 156 Å². The predicted octanol–water partition coefficient (Wildman–Crippen LogP) is 2.08. The molecule has 2 fully saturated rings. The summed E-state index contributed by atoms with van der Waals surface area (Å²) in [6.07, 6.45) is 4.14. The standard InChI is InChI=1S/C19H29N3O3S/c1-16-8-13-21(14-9-16)11-2-10-20-19(23)17-4-6-18(7-5-17)22-12-3-15-26(22,24)25/h4-7,16H,2-3,8-15H2,1H3,(H,20,23). The van der Waals surface area contributed by atoms with Crippen molar-refractivity contribution < 1.29 is 13.2 Å². The molecule has 0 bridgehead atoms. The van der Waals surface area contributed by atoms with Gasteiger partial charge >= 0.3 is 0 Å². The van der Waals surface area contributed by atoms with Crippen LogP contribution in [0.2, 0.25) is 0 Å². The Hall–Kier alpha value is -1.60. The number of benzene rings is 1. The summed E-state index contributed by atoms with van der Waals surface area (Å²) in [5.41, 5.74) is 1.20. The van der Waals surface area contributed by atoms with Gasteiger partial charge in [0.2, 0.25) is 10.0 Å². The van der Waals surface area contributed by atoms with Crippen LogP contribution in [-0.4, -0.2) is 57.7 Å². The molecular formula is C19H29N3O3S. The van der Waals surface area contributed by atoms with Crippen molar-refractivity contribution in [2.75, 3.05) is 42.8 Å². The summed E-state index contributed by atoms with van der Waals surface area (Å²) in [5.74, 6) is 0.933. The lowest BCUT2D eigenvalue weighted by Crippen LogP contribution is -2.35. The number of carbonyl (C=O) groups excluding carboxylic acids is 1. The number of nitrogens with zero attached hydrogens (tertiary/aromatic N) is 2. The van der Waals surface area contributed by atoms with Gasteiger partial charge in [-0.25, -0.2) is 8.42 Å². The van der Waals surface area contributed by atoms with Crippen LogP contribution in [0.25, 0.3) is 0 Å². The molecule has 1 amide bonds. The summed E-state index contributed by atoms with van der Waals surface area (Å²) in [6, 6.07) is 6.83. The summed E-state index contributed by atoms with van der Waals surface area (Å²) >= 11 is 0. The highest BCUT2D eigenvalue weighted by atomic mass is 32.2. The maximum Gasteiger partial charge on any atom is 0.251 e. The molecule has 2 aliphatic rings. The van der Waals surface area contributed by atoms with Crippen molar-refractivity contribution in [1.29, 1.82) is 0 Å². The van der Waals surface area contributed by atoms with Gasteiger partial charge in [0.05, 0.1) is 11.4 Å². The molecule has 7 heteroatoms. The zero-order chi connectivity index (χ0) is 18.6. The summed E-state index contributed by atoms with van der Waals surface area (Å²) in [6.45, 7) is 6.84. The number of amides is 1. The van der Waals surface area contributed by atoms with Gasteiger partial charge in [0, 0.05) is 18.7 Å². The van der Waals surface area contributed by atoms with E-state index in [4.69, 9.17) is 0 Å². The highest BCUT2D eigenvalue weighted by molar-refractivity contribution is 7.93. The summed E-state index contributed by atoms with van der Waals surface area (Å²) < 4.78 is 25.3. The third kappa shape index (κ3) is 4.76. The minimum absolute atomic E-state index is 0.104. The minimum atomic E-state index is -3.18. The number of rotatable bonds is 6. The van der Waals surface area contributed by atoms with Crippen LogP contribution < -0.4 is 9.62 Å². The Balaban J connectivity index is 1.43. The van der Waals surface area contributed by atoms with Crippen LogP contribution in [0.15, 0.2) is 24.3 Å². The van der Waals surface area contributed by atoms with Crippen LogP contribution in [0.1, 0.15) is 43.0 Å². The first-order valence-electron chi connectivity index (χ1n) is 9.57. The van der Waals surface area contributed by atoms with Crippen LogP contribution in [0.3, 0.4) is 0 Å². The first kappa shape index (κ1) is 19.2. The lowest BCUT2D eigenvalue weighted by Gasteiger charge is -2.30. The lowest BCUT2D eigenvalue weighted by atomic mass is 9.99. The highest BCUT2D eigenvalue weighted by Crippen LogP contribution is 2.24. The summed E-state index contributed by atoms with van der Waals surface area (Å²) in [7, 11) is -3.18. The van der Waals surface area contributed by atoms with Crippen molar-refractivity contribution in [3.05, 3.63) is 29.8 Å². The molecule has 2 saturated heterocycles. The predicted molar refractivity (Wildman–Crippen MR) is 104 cm³/mol. The molecule has 26 heavy (non-hydrogen) atoms. The fourth-order valence-corrected chi connectivity index (χ4v) is 5.17. The van der Waals surface area contributed by atoms with Gasteiger partial charge in [-0.2, -0.15) is 0 Å². The van der Waals surface area contributed by atoms with Gasteiger partial charge in [-0.15, -0.1) is 0 Å².